The molecule has 1 aliphatic rings. The zero-order chi connectivity index (χ0) is 13.2. The van der Waals surface area contributed by atoms with Crippen LogP contribution in [0.15, 0.2) is 24.3 Å². The van der Waals surface area contributed by atoms with Gasteiger partial charge in [0.1, 0.15) is 5.84 Å². The van der Waals surface area contributed by atoms with E-state index in [1.807, 2.05) is 0 Å². The summed E-state index contributed by atoms with van der Waals surface area (Å²) in [6.07, 6.45) is 3.39. The van der Waals surface area contributed by atoms with E-state index in [4.69, 9.17) is 11.1 Å². The largest absolute Gasteiger partial charge is 0.384 e. The highest BCUT2D eigenvalue weighted by atomic mass is 32.2. The Morgan fingerprint density at radius 2 is 2.00 bits per heavy atom. The van der Waals surface area contributed by atoms with Crippen LogP contribution in [0.3, 0.4) is 0 Å². The molecule has 5 nitrogen and oxygen atoms in total. The quantitative estimate of drug-likeness (QED) is 0.571. The Bertz CT molecular complexity index is 548. The van der Waals surface area contributed by atoms with Crippen molar-refractivity contribution >= 4 is 21.5 Å². The minimum atomic E-state index is -3.32. The Kier molecular flexibility index (Phi) is 3.56. The van der Waals surface area contributed by atoms with E-state index in [0.29, 0.717) is 11.3 Å². The number of benzene rings is 1. The van der Waals surface area contributed by atoms with Gasteiger partial charge in [0.05, 0.1) is 5.25 Å². The van der Waals surface area contributed by atoms with Crippen LogP contribution in [0.5, 0.6) is 0 Å². The van der Waals surface area contributed by atoms with Crippen molar-refractivity contribution in [2.24, 2.45) is 5.73 Å². The van der Waals surface area contributed by atoms with Gasteiger partial charge in [-0.25, -0.2) is 8.42 Å². The second-order valence-corrected chi connectivity index (χ2v) is 6.51. The van der Waals surface area contributed by atoms with E-state index < -0.39 is 10.0 Å². The van der Waals surface area contributed by atoms with Gasteiger partial charge in [-0.15, -0.1) is 0 Å². The molecule has 0 amide bonds. The van der Waals surface area contributed by atoms with Gasteiger partial charge in [-0.1, -0.05) is 25.0 Å². The normalized spacial score (nSPS) is 16.7. The zero-order valence-corrected chi connectivity index (χ0v) is 10.8. The number of sulfonamides is 1. The molecule has 0 aliphatic heterocycles. The smallest absolute Gasteiger partial charge is 0.235 e. The van der Waals surface area contributed by atoms with Crippen LogP contribution in [0.25, 0.3) is 0 Å². The highest BCUT2D eigenvalue weighted by Crippen LogP contribution is 2.26. The number of anilines is 1. The Hall–Kier alpha value is -1.56. The molecule has 0 radical (unpaired) electrons. The first-order valence-electron chi connectivity index (χ1n) is 5.95. The first kappa shape index (κ1) is 12.9. The molecule has 1 fully saturated rings. The maximum absolute atomic E-state index is 12.1. The molecule has 98 valence electrons. The molecule has 0 aromatic heterocycles. The molecule has 0 atom stereocenters. The van der Waals surface area contributed by atoms with E-state index in [1.54, 1.807) is 24.3 Å². The topological polar surface area (TPSA) is 96.0 Å². The number of nitrogen functional groups attached to an aromatic ring is 1. The van der Waals surface area contributed by atoms with Crippen molar-refractivity contribution in [3.05, 3.63) is 29.8 Å². The lowest BCUT2D eigenvalue weighted by molar-refractivity contribution is 0.585. The van der Waals surface area contributed by atoms with Crippen LogP contribution in [-0.4, -0.2) is 19.5 Å². The lowest BCUT2D eigenvalue weighted by Gasteiger charge is -2.13. The predicted molar refractivity (Wildman–Crippen MR) is 72.3 cm³/mol. The average molecular weight is 267 g/mol. The summed E-state index contributed by atoms with van der Waals surface area (Å²) < 4.78 is 26.8. The van der Waals surface area contributed by atoms with Crippen molar-refractivity contribution in [3.8, 4) is 0 Å². The summed E-state index contributed by atoms with van der Waals surface area (Å²) in [5.41, 5.74) is 6.36. The molecule has 6 heteroatoms. The number of rotatable bonds is 4. The van der Waals surface area contributed by atoms with Crippen LogP contribution in [0.2, 0.25) is 0 Å². The molecule has 0 spiro atoms. The molecule has 0 saturated heterocycles. The van der Waals surface area contributed by atoms with Crippen molar-refractivity contribution in [2.45, 2.75) is 30.9 Å². The van der Waals surface area contributed by atoms with Crippen LogP contribution in [-0.2, 0) is 10.0 Å². The third-order valence-electron chi connectivity index (χ3n) is 3.17. The summed E-state index contributed by atoms with van der Waals surface area (Å²) in [7, 11) is -3.32. The van der Waals surface area contributed by atoms with Crippen LogP contribution in [0, 0.1) is 5.41 Å². The molecular formula is C12H17N3O2S. The van der Waals surface area contributed by atoms with Crippen LogP contribution in [0.4, 0.5) is 5.69 Å². The van der Waals surface area contributed by atoms with Crippen molar-refractivity contribution in [3.63, 3.8) is 0 Å². The van der Waals surface area contributed by atoms with Gasteiger partial charge in [0.15, 0.2) is 0 Å². The Balaban J connectivity index is 2.18. The molecule has 0 unspecified atom stereocenters. The predicted octanol–water partition coefficient (Wildman–Crippen LogP) is 1.65. The summed E-state index contributed by atoms with van der Waals surface area (Å²) in [5.74, 6) is -0.0723. The van der Waals surface area contributed by atoms with Crippen LogP contribution < -0.4 is 10.5 Å². The van der Waals surface area contributed by atoms with E-state index in [9.17, 15) is 8.42 Å². The standard InChI is InChI=1S/C12H17N3O2S/c13-12(14)9-4-3-5-10(8-9)15-18(16,17)11-6-1-2-7-11/h3-5,8,11,15H,1-2,6-7H2,(H3,13,14). The third kappa shape index (κ3) is 2.81. The number of hydrogen-bond acceptors (Lipinski definition) is 3. The van der Waals surface area contributed by atoms with Crippen molar-refractivity contribution in [1.29, 1.82) is 5.41 Å². The molecule has 1 aromatic rings. The fourth-order valence-electron chi connectivity index (χ4n) is 2.20. The monoisotopic (exact) mass is 267 g/mol. The fraction of sp³-hybridized carbons (Fsp3) is 0.417. The van der Waals surface area contributed by atoms with Gasteiger partial charge < -0.3 is 5.73 Å². The molecule has 18 heavy (non-hydrogen) atoms. The third-order valence-corrected chi connectivity index (χ3v) is 5.04. The minimum Gasteiger partial charge on any atom is -0.384 e. The van der Waals surface area contributed by atoms with Crippen molar-refractivity contribution in [1.82, 2.24) is 0 Å². The number of amidine groups is 1. The molecule has 1 aromatic carbocycles. The Morgan fingerprint density at radius 3 is 2.61 bits per heavy atom. The Labute approximate surface area is 107 Å². The average Bonchev–Trinajstić information content (AvgIpc) is 2.82. The van der Waals surface area contributed by atoms with E-state index >= 15 is 0 Å². The molecule has 4 N–H and O–H groups in total. The van der Waals surface area contributed by atoms with Gasteiger partial charge in [0.2, 0.25) is 10.0 Å². The SMILES string of the molecule is N=C(N)c1cccc(NS(=O)(=O)C2CCCC2)c1. The highest BCUT2D eigenvalue weighted by Gasteiger charge is 2.28. The van der Waals surface area contributed by atoms with Gasteiger partial charge in [0, 0.05) is 11.3 Å². The molecule has 1 aliphatic carbocycles. The van der Waals surface area contributed by atoms with Gasteiger partial charge in [0.25, 0.3) is 0 Å². The molecular weight excluding hydrogens is 250 g/mol. The van der Waals surface area contributed by atoms with E-state index in [-0.39, 0.29) is 11.1 Å². The number of hydrogen-bond donors (Lipinski definition) is 3. The van der Waals surface area contributed by atoms with Gasteiger partial charge in [-0.2, -0.15) is 0 Å². The summed E-state index contributed by atoms with van der Waals surface area (Å²) in [4.78, 5) is 0. The second kappa shape index (κ2) is 4.97. The van der Waals surface area contributed by atoms with Gasteiger partial charge in [-0.3, -0.25) is 10.1 Å². The van der Waals surface area contributed by atoms with E-state index in [2.05, 4.69) is 4.72 Å². The lowest BCUT2D eigenvalue weighted by Crippen LogP contribution is -2.25. The van der Waals surface area contributed by atoms with E-state index in [0.717, 1.165) is 25.7 Å². The molecule has 0 bridgehead atoms. The zero-order valence-electron chi connectivity index (χ0n) is 10.0. The first-order chi connectivity index (χ1) is 8.49. The lowest BCUT2D eigenvalue weighted by atomic mass is 10.2. The maximum atomic E-state index is 12.1. The molecule has 1 saturated carbocycles. The maximum Gasteiger partial charge on any atom is 0.235 e. The van der Waals surface area contributed by atoms with Crippen molar-refractivity contribution < 1.29 is 8.42 Å². The number of nitrogens with one attached hydrogen (secondary N) is 2. The highest BCUT2D eigenvalue weighted by molar-refractivity contribution is 7.93. The molecule has 0 heterocycles. The Morgan fingerprint density at radius 1 is 1.33 bits per heavy atom. The number of nitrogens with two attached hydrogens (primary N) is 1. The minimum absolute atomic E-state index is 0.0723. The summed E-state index contributed by atoms with van der Waals surface area (Å²) in [6.45, 7) is 0. The van der Waals surface area contributed by atoms with Crippen LogP contribution >= 0.6 is 0 Å². The van der Waals surface area contributed by atoms with E-state index in [1.165, 1.54) is 0 Å². The first-order valence-corrected chi connectivity index (χ1v) is 7.50. The summed E-state index contributed by atoms with van der Waals surface area (Å²) >= 11 is 0. The fourth-order valence-corrected chi connectivity index (χ4v) is 3.77. The van der Waals surface area contributed by atoms with Gasteiger partial charge in [-0.05, 0) is 25.0 Å². The van der Waals surface area contributed by atoms with Crippen LogP contribution in [0.1, 0.15) is 31.2 Å². The van der Waals surface area contributed by atoms with Gasteiger partial charge >= 0.3 is 0 Å². The summed E-state index contributed by atoms with van der Waals surface area (Å²) in [6, 6.07) is 6.60. The summed E-state index contributed by atoms with van der Waals surface area (Å²) in [5, 5.41) is 7.04. The van der Waals surface area contributed by atoms with Crippen molar-refractivity contribution in [2.75, 3.05) is 4.72 Å². The second-order valence-electron chi connectivity index (χ2n) is 4.55. The molecule has 2 rings (SSSR count).